The number of rotatable bonds is 3. The maximum absolute atomic E-state index is 13.2. The third-order valence-electron chi connectivity index (χ3n) is 1.71. The van der Waals surface area contributed by atoms with Gasteiger partial charge in [-0.25, -0.2) is 8.78 Å². The van der Waals surface area contributed by atoms with Crippen LogP contribution in [-0.4, -0.2) is 15.5 Å². The number of benzene rings is 1. The van der Waals surface area contributed by atoms with Crippen LogP contribution in [0.1, 0.15) is 5.56 Å². The van der Waals surface area contributed by atoms with Gasteiger partial charge in [-0.2, -0.15) is 8.42 Å². The Hall–Kier alpha value is -0.530. The van der Waals surface area contributed by atoms with E-state index in [0.717, 1.165) is 13.2 Å². The first kappa shape index (κ1) is 12.5. The average Bonchev–Trinajstić information content (AvgIpc) is 2.19. The Balaban J connectivity index is 3.21. The Kier molecular flexibility index (Phi) is 3.80. The van der Waals surface area contributed by atoms with Crippen molar-refractivity contribution in [1.82, 2.24) is 0 Å². The fraction of sp³-hybridized carbons (Fsp3) is 0.250. The topological polar surface area (TPSA) is 43.4 Å². The standard InChI is InChI=1S/C8H7BrF2O3S/c1-14-15(12,13)4-5-6(9)2-3-7(10)8(5)11/h2-3H,4H2,1H3. The molecule has 0 amide bonds. The molecule has 0 atom stereocenters. The highest BCUT2D eigenvalue weighted by Crippen LogP contribution is 2.24. The van der Waals surface area contributed by atoms with Crippen LogP contribution in [0.25, 0.3) is 0 Å². The molecule has 1 aromatic carbocycles. The molecule has 0 aromatic heterocycles. The molecule has 0 unspecified atom stereocenters. The zero-order valence-corrected chi connectivity index (χ0v) is 10.0. The van der Waals surface area contributed by atoms with Crippen LogP contribution in [0.5, 0.6) is 0 Å². The average molecular weight is 301 g/mol. The van der Waals surface area contributed by atoms with E-state index in [0.29, 0.717) is 0 Å². The van der Waals surface area contributed by atoms with Gasteiger partial charge in [0, 0.05) is 10.0 Å². The normalized spacial score (nSPS) is 11.7. The summed E-state index contributed by atoms with van der Waals surface area (Å²) < 4.78 is 52.5. The minimum Gasteiger partial charge on any atom is -0.273 e. The van der Waals surface area contributed by atoms with Gasteiger partial charge in [0.1, 0.15) is 5.75 Å². The van der Waals surface area contributed by atoms with Crippen molar-refractivity contribution in [2.24, 2.45) is 0 Å². The monoisotopic (exact) mass is 300 g/mol. The summed E-state index contributed by atoms with van der Waals surface area (Å²) >= 11 is 2.94. The Bertz CT molecular complexity index is 473. The Morgan fingerprint density at radius 2 is 2.00 bits per heavy atom. The Labute approximate surface area is 94.3 Å². The van der Waals surface area contributed by atoms with Gasteiger partial charge in [0.25, 0.3) is 10.1 Å². The molecule has 3 nitrogen and oxygen atoms in total. The summed E-state index contributed by atoms with van der Waals surface area (Å²) in [6, 6.07) is 2.14. The molecule has 84 valence electrons. The summed E-state index contributed by atoms with van der Waals surface area (Å²) in [7, 11) is -2.91. The van der Waals surface area contributed by atoms with Gasteiger partial charge in [-0.1, -0.05) is 15.9 Å². The number of halogens is 3. The second-order valence-corrected chi connectivity index (χ2v) is 5.28. The lowest BCUT2D eigenvalue weighted by molar-refractivity contribution is 0.395. The van der Waals surface area contributed by atoms with Crippen LogP contribution in [0.3, 0.4) is 0 Å². The van der Waals surface area contributed by atoms with E-state index >= 15 is 0 Å². The van der Waals surface area contributed by atoms with Crippen molar-refractivity contribution in [2.75, 3.05) is 7.11 Å². The molecule has 15 heavy (non-hydrogen) atoms. The summed E-state index contributed by atoms with van der Waals surface area (Å²) in [6.07, 6.45) is 0. The summed E-state index contributed by atoms with van der Waals surface area (Å²) in [6.45, 7) is 0. The van der Waals surface area contributed by atoms with Gasteiger partial charge >= 0.3 is 0 Å². The third kappa shape index (κ3) is 2.96. The molecule has 0 fully saturated rings. The fourth-order valence-electron chi connectivity index (χ4n) is 0.937. The van der Waals surface area contributed by atoms with Crippen LogP contribution in [0.4, 0.5) is 8.78 Å². The highest BCUT2D eigenvalue weighted by molar-refractivity contribution is 9.10. The largest absolute Gasteiger partial charge is 0.273 e. The highest BCUT2D eigenvalue weighted by Gasteiger charge is 2.19. The second kappa shape index (κ2) is 4.54. The molecular formula is C8H7BrF2O3S. The van der Waals surface area contributed by atoms with E-state index in [1.54, 1.807) is 0 Å². The molecule has 7 heteroatoms. The SMILES string of the molecule is COS(=O)(=O)Cc1c(Br)ccc(F)c1F. The van der Waals surface area contributed by atoms with Crippen LogP contribution >= 0.6 is 15.9 Å². The minimum atomic E-state index is -3.87. The first-order chi connectivity index (χ1) is 6.87. The van der Waals surface area contributed by atoms with Gasteiger partial charge in [-0.3, -0.25) is 4.18 Å². The van der Waals surface area contributed by atoms with E-state index in [4.69, 9.17) is 0 Å². The van der Waals surface area contributed by atoms with E-state index in [1.807, 2.05) is 0 Å². The molecule has 1 aromatic rings. The zero-order valence-electron chi connectivity index (χ0n) is 7.63. The van der Waals surface area contributed by atoms with Crippen LogP contribution in [0, 0.1) is 11.6 Å². The van der Waals surface area contributed by atoms with Crippen LogP contribution in [-0.2, 0) is 20.1 Å². The predicted molar refractivity (Wildman–Crippen MR) is 53.7 cm³/mol. The summed E-state index contributed by atoms with van der Waals surface area (Å²) in [5, 5.41) is 0. The van der Waals surface area contributed by atoms with E-state index in [9.17, 15) is 17.2 Å². The van der Waals surface area contributed by atoms with Crippen molar-refractivity contribution in [3.05, 3.63) is 33.8 Å². The number of hydrogen-bond acceptors (Lipinski definition) is 3. The maximum atomic E-state index is 13.2. The minimum absolute atomic E-state index is 0.182. The van der Waals surface area contributed by atoms with E-state index in [2.05, 4.69) is 20.1 Å². The van der Waals surface area contributed by atoms with Gasteiger partial charge in [-0.15, -0.1) is 0 Å². The first-order valence-corrected chi connectivity index (χ1v) is 6.15. The maximum Gasteiger partial charge on any atom is 0.271 e. The molecule has 0 bridgehead atoms. The van der Waals surface area contributed by atoms with E-state index in [-0.39, 0.29) is 10.0 Å². The van der Waals surface area contributed by atoms with Gasteiger partial charge in [0.2, 0.25) is 0 Å². The van der Waals surface area contributed by atoms with E-state index < -0.39 is 27.5 Å². The molecule has 0 radical (unpaired) electrons. The molecule has 0 aliphatic rings. The lowest BCUT2D eigenvalue weighted by Crippen LogP contribution is -2.08. The summed E-state index contributed by atoms with van der Waals surface area (Å²) in [5.41, 5.74) is -0.281. The Morgan fingerprint density at radius 1 is 1.40 bits per heavy atom. The quantitative estimate of drug-likeness (QED) is 0.635. The van der Waals surface area contributed by atoms with E-state index in [1.165, 1.54) is 6.07 Å². The van der Waals surface area contributed by atoms with Crippen LogP contribution in [0.15, 0.2) is 16.6 Å². The van der Waals surface area contributed by atoms with Gasteiger partial charge < -0.3 is 0 Å². The van der Waals surface area contributed by atoms with Crippen molar-refractivity contribution in [3.8, 4) is 0 Å². The lowest BCUT2D eigenvalue weighted by Gasteiger charge is -2.06. The van der Waals surface area contributed by atoms with Gasteiger partial charge in [-0.05, 0) is 12.1 Å². The third-order valence-corrected chi connectivity index (χ3v) is 3.61. The second-order valence-electron chi connectivity index (χ2n) is 2.69. The van der Waals surface area contributed by atoms with Crippen molar-refractivity contribution >= 4 is 26.0 Å². The fourth-order valence-corrected chi connectivity index (χ4v) is 2.32. The first-order valence-electron chi connectivity index (χ1n) is 3.78. The van der Waals surface area contributed by atoms with Gasteiger partial charge in [0.15, 0.2) is 11.6 Å². The molecule has 0 saturated heterocycles. The van der Waals surface area contributed by atoms with Crippen molar-refractivity contribution in [3.63, 3.8) is 0 Å². The molecule has 0 N–H and O–H groups in total. The zero-order chi connectivity index (χ0) is 11.6. The van der Waals surface area contributed by atoms with Gasteiger partial charge in [0.05, 0.1) is 7.11 Å². The number of hydrogen-bond donors (Lipinski definition) is 0. The molecular weight excluding hydrogens is 294 g/mol. The van der Waals surface area contributed by atoms with Crippen LogP contribution < -0.4 is 0 Å². The van der Waals surface area contributed by atoms with Crippen LogP contribution in [0.2, 0.25) is 0 Å². The highest BCUT2D eigenvalue weighted by atomic mass is 79.9. The Morgan fingerprint density at radius 3 is 2.53 bits per heavy atom. The molecule has 0 aliphatic heterocycles. The van der Waals surface area contributed by atoms with Crippen molar-refractivity contribution < 1.29 is 21.4 Å². The van der Waals surface area contributed by atoms with Crippen molar-refractivity contribution in [2.45, 2.75) is 5.75 Å². The molecule has 0 heterocycles. The lowest BCUT2D eigenvalue weighted by atomic mass is 10.2. The smallest absolute Gasteiger partial charge is 0.271 e. The predicted octanol–water partition coefficient (Wildman–Crippen LogP) is 2.20. The summed E-state index contributed by atoms with van der Waals surface area (Å²) in [5.74, 6) is -3.00. The summed E-state index contributed by atoms with van der Waals surface area (Å²) in [4.78, 5) is 0. The molecule has 0 aliphatic carbocycles. The molecule has 1 rings (SSSR count). The molecule has 0 spiro atoms. The molecule has 0 saturated carbocycles. The van der Waals surface area contributed by atoms with Crippen molar-refractivity contribution in [1.29, 1.82) is 0 Å².